The second-order valence-electron chi connectivity index (χ2n) is 7.64. The van der Waals surface area contributed by atoms with Gasteiger partial charge in [0.25, 0.3) is 5.91 Å². The Balaban J connectivity index is 1.49. The van der Waals surface area contributed by atoms with Crippen molar-refractivity contribution < 1.29 is 9.53 Å². The fraction of sp³-hybridized carbons (Fsp3) is 0.409. The Morgan fingerprint density at radius 3 is 2.55 bits per heavy atom. The zero-order chi connectivity index (χ0) is 20.4. The third-order valence-electron chi connectivity index (χ3n) is 5.54. The summed E-state index contributed by atoms with van der Waals surface area (Å²) >= 11 is 0. The normalized spacial score (nSPS) is 15.1. The maximum absolute atomic E-state index is 12.9. The second kappa shape index (κ2) is 8.21. The van der Waals surface area contributed by atoms with E-state index in [0.29, 0.717) is 6.61 Å². The Morgan fingerprint density at radius 2 is 1.90 bits per heavy atom. The van der Waals surface area contributed by atoms with E-state index in [9.17, 15) is 4.79 Å². The highest BCUT2D eigenvalue weighted by Crippen LogP contribution is 2.29. The van der Waals surface area contributed by atoms with E-state index in [0.717, 1.165) is 54.2 Å². The van der Waals surface area contributed by atoms with E-state index < -0.39 is 0 Å². The molecule has 0 N–H and O–H groups in total. The molecule has 1 fully saturated rings. The molecule has 1 amide bonds. The average molecular weight is 393 g/mol. The molecule has 1 saturated heterocycles. The lowest BCUT2D eigenvalue weighted by Crippen LogP contribution is -2.39. The fourth-order valence-electron chi connectivity index (χ4n) is 4.00. The largest absolute Gasteiger partial charge is 0.378 e. The van der Waals surface area contributed by atoms with Crippen LogP contribution in [0.3, 0.4) is 0 Å². The van der Waals surface area contributed by atoms with E-state index in [1.165, 1.54) is 0 Å². The molecule has 3 heterocycles. The number of amides is 1. The molecule has 7 nitrogen and oxygen atoms in total. The van der Waals surface area contributed by atoms with Gasteiger partial charge < -0.3 is 19.1 Å². The van der Waals surface area contributed by atoms with Crippen LogP contribution in [0.1, 0.15) is 35.1 Å². The predicted octanol–water partition coefficient (Wildman–Crippen LogP) is 3.12. The molecule has 2 aromatic heterocycles. The maximum Gasteiger partial charge on any atom is 0.253 e. The van der Waals surface area contributed by atoms with Crippen LogP contribution in [0.5, 0.6) is 0 Å². The molecule has 152 valence electrons. The van der Waals surface area contributed by atoms with Crippen LogP contribution in [0, 0.1) is 0 Å². The smallest absolute Gasteiger partial charge is 0.253 e. The number of hydrogen-bond acceptors (Lipinski definition) is 5. The first kappa shape index (κ1) is 19.4. The summed E-state index contributed by atoms with van der Waals surface area (Å²) in [6, 6.07) is 11.9. The van der Waals surface area contributed by atoms with Crippen molar-refractivity contribution in [2.45, 2.75) is 25.5 Å². The molecular weight excluding hydrogens is 366 g/mol. The van der Waals surface area contributed by atoms with E-state index >= 15 is 0 Å². The number of carbonyl (C=O) groups excluding carboxylic acids is 1. The highest BCUT2D eigenvalue weighted by molar-refractivity contribution is 5.94. The van der Waals surface area contributed by atoms with Gasteiger partial charge in [0, 0.05) is 57.8 Å². The molecular formula is C22H27N5O2. The van der Waals surface area contributed by atoms with Gasteiger partial charge in [-0.2, -0.15) is 0 Å². The maximum atomic E-state index is 12.9. The Kier molecular flexibility index (Phi) is 5.49. The first-order valence-corrected chi connectivity index (χ1v) is 9.96. The zero-order valence-electron chi connectivity index (χ0n) is 17.2. The summed E-state index contributed by atoms with van der Waals surface area (Å²) in [5, 5.41) is 0. The summed E-state index contributed by atoms with van der Waals surface area (Å²) in [7, 11) is 5.67. The molecule has 0 saturated carbocycles. The number of rotatable bonds is 5. The molecule has 0 aliphatic carbocycles. The summed E-state index contributed by atoms with van der Waals surface area (Å²) in [6.07, 6.45) is 3.55. The number of likely N-dealkylation sites (tertiary alicyclic amines) is 1. The lowest BCUT2D eigenvalue weighted by Gasteiger charge is -2.33. The number of imidazole rings is 1. The van der Waals surface area contributed by atoms with Crippen LogP contribution < -0.4 is 4.90 Å². The molecule has 0 unspecified atom stereocenters. The van der Waals surface area contributed by atoms with Gasteiger partial charge in [-0.1, -0.05) is 0 Å². The quantitative estimate of drug-likeness (QED) is 0.666. The summed E-state index contributed by atoms with van der Waals surface area (Å²) in [4.78, 5) is 26.1. The summed E-state index contributed by atoms with van der Waals surface area (Å²) < 4.78 is 7.55. The number of aromatic nitrogens is 3. The average Bonchev–Trinajstić information content (AvgIpc) is 3.11. The number of pyridine rings is 1. The van der Waals surface area contributed by atoms with E-state index in [1.54, 1.807) is 13.3 Å². The number of fused-ring (bicyclic) bond motifs is 1. The molecule has 29 heavy (non-hydrogen) atoms. The Labute approximate surface area is 170 Å². The van der Waals surface area contributed by atoms with Crippen LogP contribution in [0.2, 0.25) is 0 Å². The van der Waals surface area contributed by atoms with Crippen molar-refractivity contribution in [1.82, 2.24) is 19.4 Å². The molecule has 3 aromatic rings. The molecule has 1 aliphatic rings. The topological polar surface area (TPSA) is 63.5 Å². The Hall–Kier alpha value is -2.93. The minimum atomic E-state index is 0.0967. The fourth-order valence-corrected chi connectivity index (χ4v) is 4.00. The van der Waals surface area contributed by atoms with Crippen LogP contribution in [0.25, 0.3) is 11.2 Å². The van der Waals surface area contributed by atoms with Gasteiger partial charge in [0.05, 0.1) is 0 Å². The number of ether oxygens (including phenoxy) is 1. The predicted molar refractivity (Wildman–Crippen MR) is 113 cm³/mol. The van der Waals surface area contributed by atoms with Crippen molar-refractivity contribution in [2.24, 2.45) is 0 Å². The van der Waals surface area contributed by atoms with Crippen LogP contribution in [-0.2, 0) is 11.3 Å². The van der Waals surface area contributed by atoms with Gasteiger partial charge in [-0.3, -0.25) is 4.79 Å². The highest BCUT2D eigenvalue weighted by atomic mass is 16.5. The third kappa shape index (κ3) is 3.82. The molecule has 0 spiro atoms. The van der Waals surface area contributed by atoms with Crippen molar-refractivity contribution in [3.8, 4) is 0 Å². The molecule has 7 heteroatoms. The number of carbonyl (C=O) groups is 1. The van der Waals surface area contributed by atoms with E-state index in [4.69, 9.17) is 9.72 Å². The monoisotopic (exact) mass is 393 g/mol. The second-order valence-corrected chi connectivity index (χ2v) is 7.64. The molecule has 1 aromatic carbocycles. The van der Waals surface area contributed by atoms with Crippen molar-refractivity contribution in [2.75, 3.05) is 39.2 Å². The first-order valence-electron chi connectivity index (χ1n) is 9.96. The van der Waals surface area contributed by atoms with E-state index in [-0.39, 0.29) is 11.9 Å². The SMILES string of the molecule is COCc1nc2cccnc2n1C1CCN(C(=O)c2ccc(N(C)C)cc2)CC1. The summed E-state index contributed by atoms with van der Waals surface area (Å²) in [5.74, 6) is 0.990. The number of methoxy groups -OCH3 is 1. The van der Waals surface area contributed by atoms with Crippen LogP contribution in [0.4, 0.5) is 5.69 Å². The number of nitrogens with zero attached hydrogens (tertiary/aromatic N) is 5. The van der Waals surface area contributed by atoms with Gasteiger partial charge in [0.15, 0.2) is 5.65 Å². The van der Waals surface area contributed by atoms with Gasteiger partial charge in [0.1, 0.15) is 17.9 Å². The third-order valence-corrected chi connectivity index (χ3v) is 5.54. The Bertz CT molecular complexity index is 988. The molecule has 4 rings (SSSR count). The summed E-state index contributed by atoms with van der Waals surface area (Å²) in [5.41, 5.74) is 3.61. The van der Waals surface area contributed by atoms with Gasteiger partial charge in [0.2, 0.25) is 0 Å². The van der Waals surface area contributed by atoms with Crippen LogP contribution in [0.15, 0.2) is 42.6 Å². The van der Waals surface area contributed by atoms with Crippen molar-refractivity contribution >= 4 is 22.8 Å². The molecule has 1 aliphatic heterocycles. The van der Waals surface area contributed by atoms with E-state index in [1.807, 2.05) is 60.3 Å². The van der Waals surface area contributed by atoms with Gasteiger partial charge in [-0.15, -0.1) is 0 Å². The number of benzene rings is 1. The lowest BCUT2D eigenvalue weighted by molar-refractivity contribution is 0.0692. The van der Waals surface area contributed by atoms with Gasteiger partial charge in [-0.25, -0.2) is 9.97 Å². The summed E-state index contributed by atoms with van der Waals surface area (Å²) in [6.45, 7) is 1.89. The highest BCUT2D eigenvalue weighted by Gasteiger charge is 2.27. The minimum Gasteiger partial charge on any atom is -0.378 e. The minimum absolute atomic E-state index is 0.0967. The van der Waals surface area contributed by atoms with Crippen molar-refractivity contribution in [3.05, 3.63) is 54.0 Å². The molecule has 0 radical (unpaired) electrons. The number of anilines is 1. The lowest BCUT2D eigenvalue weighted by atomic mass is 10.0. The van der Waals surface area contributed by atoms with Crippen LogP contribution >= 0.6 is 0 Å². The van der Waals surface area contributed by atoms with Gasteiger partial charge in [-0.05, 0) is 49.2 Å². The van der Waals surface area contributed by atoms with Gasteiger partial charge >= 0.3 is 0 Å². The van der Waals surface area contributed by atoms with Crippen molar-refractivity contribution in [1.29, 1.82) is 0 Å². The number of hydrogen-bond donors (Lipinski definition) is 0. The molecule has 0 atom stereocenters. The zero-order valence-corrected chi connectivity index (χ0v) is 17.2. The van der Waals surface area contributed by atoms with E-state index in [2.05, 4.69) is 9.55 Å². The first-order chi connectivity index (χ1) is 14.1. The van der Waals surface area contributed by atoms with Crippen molar-refractivity contribution in [3.63, 3.8) is 0 Å². The number of piperidine rings is 1. The standard InChI is InChI=1S/C22H27N5O2/c1-25(2)17-8-6-16(7-9-17)22(28)26-13-10-18(11-14-26)27-20(15-29-3)24-19-5-4-12-23-21(19)27/h4-9,12,18H,10-11,13-15H2,1-3H3. The molecule has 0 bridgehead atoms. The Morgan fingerprint density at radius 1 is 1.17 bits per heavy atom. The van der Waals surface area contributed by atoms with Crippen LogP contribution in [-0.4, -0.2) is 59.6 Å².